The zero-order valence-electron chi connectivity index (χ0n) is 10.0. The maximum absolute atomic E-state index is 10.3. The van der Waals surface area contributed by atoms with E-state index < -0.39 is 6.10 Å². The molecule has 94 valence electrons. The lowest BCUT2D eigenvalue weighted by Crippen LogP contribution is -2.04. The van der Waals surface area contributed by atoms with Crippen LogP contribution in [0.25, 0.3) is 0 Å². The van der Waals surface area contributed by atoms with Crippen LogP contribution in [0, 0.1) is 6.92 Å². The highest BCUT2D eigenvalue weighted by atomic mass is 35.5. The highest BCUT2D eigenvalue weighted by molar-refractivity contribution is 6.36. The van der Waals surface area contributed by atoms with Crippen molar-refractivity contribution in [3.63, 3.8) is 0 Å². The van der Waals surface area contributed by atoms with E-state index in [-0.39, 0.29) is 0 Å². The van der Waals surface area contributed by atoms with Gasteiger partial charge in [0.25, 0.3) is 0 Å². The van der Waals surface area contributed by atoms with Gasteiger partial charge in [-0.15, -0.1) is 0 Å². The summed E-state index contributed by atoms with van der Waals surface area (Å²) in [7, 11) is 0. The molecule has 0 radical (unpaired) electrons. The zero-order chi connectivity index (χ0) is 13.1. The van der Waals surface area contributed by atoms with Crippen LogP contribution in [0.5, 0.6) is 0 Å². The Morgan fingerprint density at radius 2 is 1.61 bits per heavy atom. The molecule has 1 N–H and O–H groups in total. The summed E-state index contributed by atoms with van der Waals surface area (Å²) in [4.78, 5) is 0. The largest absolute Gasteiger partial charge is 0.388 e. The van der Waals surface area contributed by atoms with Gasteiger partial charge in [-0.05, 0) is 35.7 Å². The normalized spacial score (nSPS) is 12.4. The van der Waals surface area contributed by atoms with E-state index in [1.165, 1.54) is 0 Å². The Morgan fingerprint density at radius 1 is 1.00 bits per heavy atom. The molecule has 2 rings (SSSR count). The van der Waals surface area contributed by atoms with Crippen LogP contribution in [0.3, 0.4) is 0 Å². The highest BCUT2D eigenvalue weighted by Crippen LogP contribution is 2.30. The van der Waals surface area contributed by atoms with Crippen LogP contribution < -0.4 is 0 Å². The number of halogens is 2. The lowest BCUT2D eigenvalue weighted by molar-refractivity contribution is 0.178. The summed E-state index contributed by atoms with van der Waals surface area (Å²) in [5, 5.41) is 11.5. The molecular formula is C15H14Cl2O. The Morgan fingerprint density at radius 3 is 2.22 bits per heavy atom. The summed E-state index contributed by atoms with van der Waals surface area (Å²) in [6.07, 6.45) is -0.174. The summed E-state index contributed by atoms with van der Waals surface area (Å²) in [6, 6.07) is 13.1. The van der Waals surface area contributed by atoms with Gasteiger partial charge in [-0.1, -0.05) is 53.5 Å². The smallest absolute Gasteiger partial charge is 0.0834 e. The van der Waals surface area contributed by atoms with Gasteiger partial charge < -0.3 is 5.11 Å². The third kappa shape index (κ3) is 2.86. The van der Waals surface area contributed by atoms with Crippen LogP contribution in [0.1, 0.15) is 22.8 Å². The molecule has 1 atom stereocenters. The predicted molar refractivity (Wildman–Crippen MR) is 76.3 cm³/mol. The van der Waals surface area contributed by atoms with Gasteiger partial charge in [0.2, 0.25) is 0 Å². The Labute approximate surface area is 117 Å². The van der Waals surface area contributed by atoms with E-state index >= 15 is 0 Å². The molecule has 0 heterocycles. The summed E-state index contributed by atoms with van der Waals surface area (Å²) < 4.78 is 0. The summed E-state index contributed by atoms with van der Waals surface area (Å²) in [6.45, 7) is 1.98. The molecule has 0 aliphatic heterocycles. The van der Waals surface area contributed by atoms with Crippen molar-refractivity contribution in [2.75, 3.05) is 0 Å². The lowest BCUT2D eigenvalue weighted by Gasteiger charge is -2.15. The second-order valence-corrected chi connectivity index (χ2v) is 5.09. The number of aliphatic hydroxyl groups excluding tert-OH is 1. The summed E-state index contributed by atoms with van der Waals surface area (Å²) >= 11 is 12.2. The van der Waals surface area contributed by atoms with Crippen molar-refractivity contribution < 1.29 is 5.11 Å². The van der Waals surface area contributed by atoms with Gasteiger partial charge >= 0.3 is 0 Å². The van der Waals surface area contributed by atoms with E-state index in [9.17, 15) is 5.11 Å². The first-order chi connectivity index (χ1) is 8.59. The van der Waals surface area contributed by atoms with Crippen molar-refractivity contribution in [2.24, 2.45) is 0 Å². The fourth-order valence-corrected chi connectivity index (χ4v) is 2.54. The van der Waals surface area contributed by atoms with E-state index in [0.29, 0.717) is 16.5 Å². The van der Waals surface area contributed by atoms with Crippen molar-refractivity contribution in [1.82, 2.24) is 0 Å². The third-order valence-electron chi connectivity index (χ3n) is 3.01. The molecule has 0 bridgehead atoms. The molecule has 0 aliphatic rings. The molecular weight excluding hydrogens is 267 g/mol. The number of benzene rings is 2. The molecule has 0 aromatic heterocycles. The van der Waals surface area contributed by atoms with Crippen LogP contribution in [-0.4, -0.2) is 5.11 Å². The molecule has 3 heteroatoms. The van der Waals surface area contributed by atoms with Crippen molar-refractivity contribution >= 4 is 23.2 Å². The minimum atomic E-state index is -0.594. The second-order valence-electron chi connectivity index (χ2n) is 4.28. The van der Waals surface area contributed by atoms with Gasteiger partial charge in [0.15, 0.2) is 0 Å². The predicted octanol–water partition coefficient (Wildman–Crippen LogP) is 4.58. The molecule has 1 nitrogen and oxygen atoms in total. The Bertz CT molecular complexity index is 532. The molecule has 0 fully saturated rings. The highest BCUT2D eigenvalue weighted by Gasteiger charge is 2.14. The van der Waals surface area contributed by atoms with Gasteiger partial charge in [-0.3, -0.25) is 0 Å². The number of hydrogen-bond acceptors (Lipinski definition) is 1. The molecule has 18 heavy (non-hydrogen) atoms. The van der Waals surface area contributed by atoms with Crippen molar-refractivity contribution in [2.45, 2.75) is 19.4 Å². The maximum atomic E-state index is 10.3. The molecule has 1 unspecified atom stereocenters. The van der Waals surface area contributed by atoms with E-state index in [2.05, 4.69) is 0 Å². The minimum absolute atomic E-state index is 0.420. The first kappa shape index (κ1) is 13.4. The second kappa shape index (κ2) is 5.75. The minimum Gasteiger partial charge on any atom is -0.388 e. The van der Waals surface area contributed by atoms with Crippen LogP contribution in [0.4, 0.5) is 0 Å². The summed E-state index contributed by atoms with van der Waals surface area (Å²) in [5.41, 5.74) is 2.76. The van der Waals surface area contributed by atoms with Crippen LogP contribution in [0.2, 0.25) is 10.0 Å². The van der Waals surface area contributed by atoms with Gasteiger partial charge in [-0.2, -0.15) is 0 Å². The Hall–Kier alpha value is -1.02. The molecule has 0 saturated carbocycles. The molecule has 0 spiro atoms. The fourth-order valence-electron chi connectivity index (χ4n) is 1.99. The van der Waals surface area contributed by atoms with Gasteiger partial charge in [0.05, 0.1) is 6.10 Å². The van der Waals surface area contributed by atoms with Crippen molar-refractivity contribution in [1.29, 1.82) is 0 Å². The van der Waals surface area contributed by atoms with E-state index in [1.54, 1.807) is 18.2 Å². The number of rotatable bonds is 3. The standard InChI is InChI=1S/C15H14Cl2O/c1-10-5-2-3-6-11(10)15(18)9-12-13(16)7-4-8-14(12)17/h2-8,15,18H,9H2,1H3. The molecule has 2 aromatic rings. The van der Waals surface area contributed by atoms with E-state index in [0.717, 1.165) is 16.7 Å². The molecule has 2 aromatic carbocycles. The van der Waals surface area contributed by atoms with Crippen molar-refractivity contribution in [3.8, 4) is 0 Å². The zero-order valence-corrected chi connectivity index (χ0v) is 11.5. The van der Waals surface area contributed by atoms with Crippen LogP contribution in [-0.2, 0) is 6.42 Å². The van der Waals surface area contributed by atoms with Gasteiger partial charge in [-0.25, -0.2) is 0 Å². The van der Waals surface area contributed by atoms with E-state index in [1.807, 2.05) is 31.2 Å². The molecule has 0 amide bonds. The average molecular weight is 281 g/mol. The average Bonchev–Trinajstić information content (AvgIpc) is 2.34. The maximum Gasteiger partial charge on any atom is 0.0834 e. The fraction of sp³-hybridized carbons (Fsp3) is 0.200. The number of aliphatic hydroxyl groups is 1. The van der Waals surface area contributed by atoms with E-state index in [4.69, 9.17) is 23.2 Å². The quantitative estimate of drug-likeness (QED) is 0.873. The lowest BCUT2D eigenvalue weighted by atomic mass is 9.98. The first-order valence-corrected chi connectivity index (χ1v) is 6.51. The topological polar surface area (TPSA) is 20.2 Å². The molecule has 0 saturated heterocycles. The number of aryl methyl sites for hydroxylation is 1. The van der Waals surface area contributed by atoms with Gasteiger partial charge in [0, 0.05) is 16.5 Å². The first-order valence-electron chi connectivity index (χ1n) is 5.76. The Balaban J connectivity index is 2.27. The van der Waals surface area contributed by atoms with Crippen LogP contribution in [0.15, 0.2) is 42.5 Å². The Kier molecular flexibility index (Phi) is 4.28. The third-order valence-corrected chi connectivity index (χ3v) is 3.71. The molecule has 0 aliphatic carbocycles. The van der Waals surface area contributed by atoms with Crippen LogP contribution >= 0.6 is 23.2 Å². The monoisotopic (exact) mass is 280 g/mol. The SMILES string of the molecule is Cc1ccccc1C(O)Cc1c(Cl)cccc1Cl. The van der Waals surface area contributed by atoms with Gasteiger partial charge in [0.1, 0.15) is 0 Å². The number of hydrogen-bond donors (Lipinski definition) is 1. The van der Waals surface area contributed by atoms with Crippen molar-refractivity contribution in [3.05, 3.63) is 69.2 Å². The summed E-state index contributed by atoms with van der Waals surface area (Å²) in [5.74, 6) is 0.